The average molecular weight is 473 g/mol. The number of amides is 1. The van der Waals surface area contributed by atoms with Crippen LogP contribution in [0.4, 0.5) is 0 Å². The molecule has 1 heterocycles. The Bertz CT molecular complexity index is 1530. The van der Waals surface area contributed by atoms with Crippen LogP contribution < -0.4 is 21.3 Å². The number of hydrogen-bond donors (Lipinski definition) is 2. The molecule has 178 valence electrons. The number of aromatic nitrogens is 2. The fourth-order valence-corrected chi connectivity index (χ4v) is 3.79. The molecular formula is C26H23N3O6. The Morgan fingerprint density at radius 2 is 1.60 bits per heavy atom. The first-order chi connectivity index (χ1) is 16.8. The molecule has 0 bridgehead atoms. The van der Waals surface area contributed by atoms with E-state index in [9.17, 15) is 19.2 Å². The van der Waals surface area contributed by atoms with Gasteiger partial charge in [0.1, 0.15) is 5.75 Å². The number of nitrogens with one attached hydrogen (secondary N) is 1. The van der Waals surface area contributed by atoms with Crippen LogP contribution in [0.15, 0.2) is 76.3 Å². The van der Waals surface area contributed by atoms with Gasteiger partial charge in [0.25, 0.3) is 11.5 Å². The summed E-state index contributed by atoms with van der Waals surface area (Å²) in [7, 11) is 3.12. The van der Waals surface area contributed by atoms with Crippen LogP contribution in [0, 0.1) is 0 Å². The van der Waals surface area contributed by atoms with Gasteiger partial charge in [-0.2, -0.15) is 0 Å². The number of aliphatic carboxylic acids is 1. The number of ether oxygens (including phenoxy) is 1. The highest BCUT2D eigenvalue weighted by Crippen LogP contribution is 2.15. The first-order valence-electron chi connectivity index (χ1n) is 10.8. The molecule has 0 saturated carbocycles. The molecule has 9 heteroatoms. The highest BCUT2D eigenvalue weighted by Gasteiger charge is 2.15. The molecule has 0 fully saturated rings. The van der Waals surface area contributed by atoms with Gasteiger partial charge in [0.2, 0.25) is 0 Å². The summed E-state index contributed by atoms with van der Waals surface area (Å²) >= 11 is 0. The van der Waals surface area contributed by atoms with Gasteiger partial charge in [0.15, 0.2) is 0 Å². The fourth-order valence-electron chi connectivity index (χ4n) is 3.79. The Kier molecular flexibility index (Phi) is 6.50. The maximum Gasteiger partial charge on any atom is 0.335 e. The van der Waals surface area contributed by atoms with Crippen molar-refractivity contribution in [2.75, 3.05) is 7.11 Å². The van der Waals surface area contributed by atoms with Crippen molar-refractivity contribution in [3.05, 3.63) is 104 Å². The number of methoxy groups -OCH3 is 1. The fraction of sp³-hybridized carbons (Fsp3) is 0.154. The van der Waals surface area contributed by atoms with Crippen molar-refractivity contribution < 1.29 is 19.4 Å². The summed E-state index contributed by atoms with van der Waals surface area (Å²) in [6.45, 7) is 0.293. The Morgan fingerprint density at radius 1 is 0.943 bits per heavy atom. The number of carboxylic acids is 1. The van der Waals surface area contributed by atoms with Gasteiger partial charge in [-0.15, -0.1) is 0 Å². The lowest BCUT2D eigenvalue weighted by Gasteiger charge is -2.12. The van der Waals surface area contributed by atoms with E-state index in [0.717, 1.165) is 10.1 Å². The number of rotatable bonds is 7. The summed E-state index contributed by atoms with van der Waals surface area (Å²) in [4.78, 5) is 49.9. The van der Waals surface area contributed by atoms with Crippen LogP contribution in [-0.4, -0.2) is 33.2 Å². The molecule has 3 aromatic carbocycles. The van der Waals surface area contributed by atoms with Gasteiger partial charge in [-0.3, -0.25) is 19.0 Å². The Balaban J connectivity index is 1.67. The van der Waals surface area contributed by atoms with Gasteiger partial charge >= 0.3 is 11.7 Å². The van der Waals surface area contributed by atoms with Crippen molar-refractivity contribution in [1.29, 1.82) is 0 Å². The molecule has 0 aliphatic rings. The zero-order valence-electron chi connectivity index (χ0n) is 19.1. The molecule has 9 nitrogen and oxygen atoms in total. The highest BCUT2D eigenvalue weighted by atomic mass is 16.5. The van der Waals surface area contributed by atoms with Crippen LogP contribution in [0.25, 0.3) is 16.6 Å². The molecule has 2 N–H and O–H groups in total. The molecule has 35 heavy (non-hydrogen) atoms. The number of carboxylic acid groups (broad SMARTS) is 1. The van der Waals surface area contributed by atoms with E-state index in [1.54, 1.807) is 50.6 Å². The molecule has 0 saturated heterocycles. The van der Waals surface area contributed by atoms with Crippen LogP contribution in [-0.2, 0) is 24.8 Å². The van der Waals surface area contributed by atoms with Crippen molar-refractivity contribution in [3.8, 4) is 11.4 Å². The lowest BCUT2D eigenvalue weighted by Crippen LogP contribution is -2.38. The summed E-state index contributed by atoms with van der Waals surface area (Å²) in [5.41, 5.74) is 1.29. The number of carbonyl (C=O) groups excluding carboxylic acids is 1. The van der Waals surface area contributed by atoms with E-state index < -0.39 is 17.2 Å². The van der Waals surface area contributed by atoms with E-state index in [1.807, 2.05) is 12.1 Å². The number of nitrogens with zero attached hydrogens (tertiary/aromatic N) is 2. The molecule has 0 spiro atoms. The largest absolute Gasteiger partial charge is 0.497 e. The third-order valence-electron chi connectivity index (χ3n) is 5.69. The van der Waals surface area contributed by atoms with Crippen LogP contribution >= 0.6 is 0 Å². The van der Waals surface area contributed by atoms with Gasteiger partial charge < -0.3 is 15.2 Å². The van der Waals surface area contributed by atoms with Crippen LogP contribution in [0.3, 0.4) is 0 Å². The molecule has 1 amide bonds. The van der Waals surface area contributed by atoms with E-state index in [-0.39, 0.29) is 23.3 Å². The van der Waals surface area contributed by atoms with E-state index in [0.29, 0.717) is 29.1 Å². The maximum atomic E-state index is 13.3. The Morgan fingerprint density at radius 3 is 2.23 bits per heavy atom. The third kappa shape index (κ3) is 4.84. The lowest BCUT2D eigenvalue weighted by atomic mass is 10.1. The second kappa shape index (κ2) is 9.68. The first-order valence-corrected chi connectivity index (χ1v) is 10.8. The van der Waals surface area contributed by atoms with E-state index in [4.69, 9.17) is 9.84 Å². The van der Waals surface area contributed by atoms with E-state index in [2.05, 4.69) is 5.32 Å². The zero-order chi connectivity index (χ0) is 25.1. The molecular weight excluding hydrogens is 450 g/mol. The van der Waals surface area contributed by atoms with Crippen molar-refractivity contribution in [2.45, 2.75) is 13.0 Å². The number of benzene rings is 3. The van der Waals surface area contributed by atoms with Crippen LogP contribution in [0.1, 0.15) is 21.5 Å². The lowest BCUT2D eigenvalue weighted by molar-refractivity contribution is -0.136. The number of hydrogen-bond acceptors (Lipinski definition) is 5. The molecule has 4 rings (SSSR count). The standard InChI is InChI=1S/C26H23N3O6/c1-28-22-12-7-18(24(32)27-15-17-5-10-20(35-2)11-6-17)14-21(22)25(33)29(26(28)34)19-8-3-16(4-9-19)13-23(30)31/h3-12,14H,13,15H2,1-2H3,(H,27,32)(H,30,31). The predicted molar refractivity (Wildman–Crippen MR) is 130 cm³/mol. The maximum absolute atomic E-state index is 13.3. The average Bonchev–Trinajstić information content (AvgIpc) is 2.86. The molecule has 0 atom stereocenters. The quantitative estimate of drug-likeness (QED) is 0.425. The predicted octanol–water partition coefficient (Wildman–Crippen LogP) is 2.26. The smallest absolute Gasteiger partial charge is 0.335 e. The molecule has 0 radical (unpaired) electrons. The van der Waals surface area contributed by atoms with E-state index >= 15 is 0 Å². The van der Waals surface area contributed by atoms with Crippen molar-refractivity contribution in [1.82, 2.24) is 14.5 Å². The van der Waals surface area contributed by atoms with Gasteiger partial charge in [-0.25, -0.2) is 9.36 Å². The Labute approximate surface area is 199 Å². The number of carbonyl (C=O) groups is 2. The monoisotopic (exact) mass is 473 g/mol. The van der Waals surface area contributed by atoms with Gasteiger partial charge in [0.05, 0.1) is 30.1 Å². The van der Waals surface area contributed by atoms with Crippen LogP contribution in [0.5, 0.6) is 5.75 Å². The van der Waals surface area contributed by atoms with Crippen molar-refractivity contribution in [3.63, 3.8) is 0 Å². The van der Waals surface area contributed by atoms with Gasteiger partial charge in [-0.1, -0.05) is 24.3 Å². The number of aryl methyl sites for hydroxylation is 1. The molecule has 0 aliphatic heterocycles. The minimum Gasteiger partial charge on any atom is -0.497 e. The highest BCUT2D eigenvalue weighted by molar-refractivity contribution is 5.97. The topological polar surface area (TPSA) is 120 Å². The van der Waals surface area contributed by atoms with Crippen LogP contribution in [0.2, 0.25) is 0 Å². The normalized spacial score (nSPS) is 10.8. The Hall–Kier alpha value is -4.66. The molecule has 0 aliphatic carbocycles. The summed E-state index contributed by atoms with van der Waals surface area (Å²) in [6.07, 6.45) is -0.167. The van der Waals surface area contributed by atoms with Crippen molar-refractivity contribution >= 4 is 22.8 Å². The van der Waals surface area contributed by atoms with Gasteiger partial charge in [0, 0.05) is 19.2 Å². The minimum absolute atomic E-state index is 0.167. The summed E-state index contributed by atoms with van der Waals surface area (Å²) < 4.78 is 7.47. The summed E-state index contributed by atoms with van der Waals surface area (Å²) in [5.74, 6) is -0.622. The first kappa shape index (κ1) is 23.5. The zero-order valence-corrected chi connectivity index (χ0v) is 19.1. The minimum atomic E-state index is -0.977. The van der Waals surface area contributed by atoms with Gasteiger partial charge in [-0.05, 0) is 53.6 Å². The SMILES string of the molecule is COc1ccc(CNC(=O)c2ccc3c(c2)c(=O)n(-c2ccc(CC(=O)O)cc2)c(=O)n3C)cc1. The second-order valence-corrected chi connectivity index (χ2v) is 7.98. The summed E-state index contributed by atoms with van der Waals surface area (Å²) in [6, 6.07) is 18.1. The van der Waals surface area contributed by atoms with E-state index in [1.165, 1.54) is 22.8 Å². The number of fused-ring (bicyclic) bond motifs is 1. The van der Waals surface area contributed by atoms with Crippen molar-refractivity contribution in [2.24, 2.45) is 7.05 Å². The second-order valence-electron chi connectivity index (χ2n) is 7.98. The molecule has 0 unspecified atom stereocenters. The summed E-state index contributed by atoms with van der Waals surface area (Å²) in [5, 5.41) is 12.0. The molecule has 4 aromatic rings. The third-order valence-corrected chi connectivity index (χ3v) is 5.69. The molecule has 1 aromatic heterocycles.